The van der Waals surface area contributed by atoms with Crippen molar-refractivity contribution in [2.45, 2.75) is 26.3 Å². The first kappa shape index (κ1) is 18.9. The molecule has 3 heterocycles. The summed E-state index contributed by atoms with van der Waals surface area (Å²) in [7, 11) is 0. The lowest BCUT2D eigenvalue weighted by molar-refractivity contribution is 0.413. The molecule has 154 valence electrons. The highest BCUT2D eigenvalue weighted by Crippen LogP contribution is 2.35. The van der Waals surface area contributed by atoms with Crippen LogP contribution in [0.2, 0.25) is 0 Å². The number of rotatable bonds is 4. The Kier molecular flexibility index (Phi) is 4.47. The van der Waals surface area contributed by atoms with Gasteiger partial charge in [-0.1, -0.05) is 17.3 Å². The fourth-order valence-electron chi connectivity index (χ4n) is 3.71. The van der Waals surface area contributed by atoms with E-state index in [-0.39, 0.29) is 5.54 Å². The van der Waals surface area contributed by atoms with Crippen molar-refractivity contribution in [3.8, 4) is 17.1 Å². The molecule has 0 radical (unpaired) electrons. The van der Waals surface area contributed by atoms with E-state index in [0.717, 1.165) is 33.8 Å². The molecule has 31 heavy (non-hydrogen) atoms. The lowest BCUT2D eigenvalue weighted by Crippen LogP contribution is -2.23. The summed E-state index contributed by atoms with van der Waals surface area (Å²) in [6.07, 6.45) is 6.93. The number of imidazole rings is 1. The Hall–Kier alpha value is -4.07. The van der Waals surface area contributed by atoms with Gasteiger partial charge in [-0.05, 0) is 57.2 Å². The van der Waals surface area contributed by atoms with E-state index in [1.54, 1.807) is 29.3 Å². The zero-order chi connectivity index (χ0) is 21.4. The molecule has 3 aromatic heterocycles. The van der Waals surface area contributed by atoms with Crippen molar-refractivity contribution in [1.82, 2.24) is 34.5 Å². The number of nitrogens with one attached hydrogen (secondary N) is 1. The van der Waals surface area contributed by atoms with Gasteiger partial charge in [0.15, 0.2) is 0 Å². The van der Waals surface area contributed by atoms with E-state index < -0.39 is 0 Å². The first-order valence-corrected chi connectivity index (χ1v) is 10.0. The van der Waals surface area contributed by atoms with Crippen LogP contribution in [-0.4, -0.2) is 34.5 Å². The van der Waals surface area contributed by atoms with E-state index >= 15 is 0 Å². The Morgan fingerprint density at radius 1 is 0.903 bits per heavy atom. The van der Waals surface area contributed by atoms with Crippen LogP contribution >= 0.6 is 0 Å². The fraction of sp³-hybridized carbons (Fsp3) is 0.174. The second-order valence-electron chi connectivity index (χ2n) is 8.21. The molecular formula is C23H22N8. The fourth-order valence-corrected chi connectivity index (χ4v) is 3.71. The van der Waals surface area contributed by atoms with Crippen LogP contribution in [0.25, 0.3) is 28.1 Å². The van der Waals surface area contributed by atoms with Crippen LogP contribution in [0.3, 0.4) is 0 Å². The van der Waals surface area contributed by atoms with Gasteiger partial charge in [0.2, 0.25) is 5.95 Å². The largest absolute Gasteiger partial charge is 0.324 e. The van der Waals surface area contributed by atoms with Crippen molar-refractivity contribution in [3.63, 3.8) is 0 Å². The maximum Gasteiger partial charge on any atom is 0.227 e. The second-order valence-corrected chi connectivity index (χ2v) is 8.21. The van der Waals surface area contributed by atoms with Gasteiger partial charge in [0.1, 0.15) is 5.82 Å². The van der Waals surface area contributed by atoms with Gasteiger partial charge in [-0.15, -0.1) is 5.10 Å². The van der Waals surface area contributed by atoms with E-state index in [1.165, 1.54) is 0 Å². The molecule has 0 unspecified atom stereocenters. The summed E-state index contributed by atoms with van der Waals surface area (Å²) in [6, 6.07) is 16.0. The summed E-state index contributed by atoms with van der Waals surface area (Å²) >= 11 is 0. The third-order valence-corrected chi connectivity index (χ3v) is 4.96. The highest BCUT2D eigenvalue weighted by molar-refractivity contribution is 5.86. The average molecular weight is 410 g/mol. The molecule has 8 nitrogen and oxygen atoms in total. The molecular weight excluding hydrogens is 388 g/mol. The minimum Gasteiger partial charge on any atom is -0.324 e. The molecule has 0 atom stereocenters. The van der Waals surface area contributed by atoms with Gasteiger partial charge >= 0.3 is 0 Å². The monoisotopic (exact) mass is 410 g/mol. The van der Waals surface area contributed by atoms with Crippen molar-refractivity contribution in [3.05, 3.63) is 73.3 Å². The van der Waals surface area contributed by atoms with E-state index in [4.69, 9.17) is 4.98 Å². The average Bonchev–Trinajstić information content (AvgIpc) is 3.42. The topological polar surface area (TPSA) is 86.3 Å². The van der Waals surface area contributed by atoms with Crippen molar-refractivity contribution in [2.24, 2.45) is 0 Å². The minimum absolute atomic E-state index is 0.183. The summed E-state index contributed by atoms with van der Waals surface area (Å²) in [5.74, 6) is 1.43. The second kappa shape index (κ2) is 7.32. The molecule has 0 aliphatic heterocycles. The first-order chi connectivity index (χ1) is 15.0. The molecule has 0 fully saturated rings. The molecule has 1 N–H and O–H groups in total. The maximum absolute atomic E-state index is 5.04. The summed E-state index contributed by atoms with van der Waals surface area (Å²) in [5.41, 5.74) is 4.55. The van der Waals surface area contributed by atoms with Gasteiger partial charge in [0.05, 0.1) is 29.1 Å². The smallest absolute Gasteiger partial charge is 0.227 e. The number of anilines is 2. The number of benzene rings is 2. The normalized spacial score (nSPS) is 11.7. The Morgan fingerprint density at radius 3 is 2.45 bits per heavy atom. The quantitative estimate of drug-likeness (QED) is 0.467. The van der Waals surface area contributed by atoms with Crippen molar-refractivity contribution in [1.29, 1.82) is 0 Å². The standard InChI is InChI=1S/C23H22N8/c1-23(2,3)31-20-10-9-16(27-22-24-11-6-12-25-22)15-18(20)28-21(31)17-7-4-5-8-19(17)30-14-13-26-29-30/h4-15H,1-3H3,(H,24,25,27). The number of nitrogens with zero attached hydrogens (tertiary/aromatic N) is 7. The SMILES string of the molecule is CC(C)(C)n1c(-c2ccccc2-n2ccnn2)nc2cc(Nc3ncccn3)ccc21. The van der Waals surface area contributed by atoms with E-state index in [9.17, 15) is 0 Å². The van der Waals surface area contributed by atoms with Gasteiger partial charge < -0.3 is 9.88 Å². The van der Waals surface area contributed by atoms with Crippen molar-refractivity contribution in [2.75, 3.05) is 5.32 Å². The summed E-state index contributed by atoms with van der Waals surface area (Å²) in [4.78, 5) is 13.5. The molecule has 0 amide bonds. The number of fused-ring (bicyclic) bond motifs is 1. The van der Waals surface area contributed by atoms with Gasteiger partial charge in [-0.25, -0.2) is 19.6 Å². The highest BCUT2D eigenvalue weighted by Gasteiger charge is 2.24. The predicted octanol–water partition coefficient (Wildman–Crippen LogP) is 4.57. The molecule has 0 bridgehead atoms. The van der Waals surface area contributed by atoms with Crippen LogP contribution in [0.15, 0.2) is 73.3 Å². The lowest BCUT2D eigenvalue weighted by Gasteiger charge is -2.25. The third kappa shape index (κ3) is 3.52. The van der Waals surface area contributed by atoms with Crippen LogP contribution in [0, 0.1) is 0 Å². The number of aromatic nitrogens is 7. The number of hydrogen-bond donors (Lipinski definition) is 1. The third-order valence-electron chi connectivity index (χ3n) is 4.96. The highest BCUT2D eigenvalue weighted by atomic mass is 15.4. The van der Waals surface area contributed by atoms with E-state index in [1.807, 2.05) is 36.5 Å². The Bertz CT molecular complexity index is 1330. The molecule has 5 aromatic rings. The maximum atomic E-state index is 5.04. The van der Waals surface area contributed by atoms with Crippen LogP contribution in [0.4, 0.5) is 11.6 Å². The lowest BCUT2D eigenvalue weighted by atomic mass is 10.1. The summed E-state index contributed by atoms with van der Waals surface area (Å²) < 4.78 is 4.03. The van der Waals surface area contributed by atoms with Crippen molar-refractivity contribution >= 4 is 22.7 Å². The van der Waals surface area contributed by atoms with Gasteiger partial charge in [0, 0.05) is 29.2 Å². The Morgan fingerprint density at radius 2 is 1.71 bits per heavy atom. The zero-order valence-corrected chi connectivity index (χ0v) is 17.6. The Balaban J connectivity index is 1.68. The first-order valence-electron chi connectivity index (χ1n) is 10.0. The van der Waals surface area contributed by atoms with E-state index in [2.05, 4.69) is 63.1 Å². The molecule has 0 spiro atoms. The summed E-state index contributed by atoms with van der Waals surface area (Å²) in [5, 5.41) is 11.4. The van der Waals surface area contributed by atoms with Gasteiger partial charge in [-0.2, -0.15) is 0 Å². The van der Waals surface area contributed by atoms with Crippen LogP contribution < -0.4 is 5.32 Å². The molecule has 5 rings (SSSR count). The Labute approximate surface area is 179 Å². The van der Waals surface area contributed by atoms with Gasteiger partial charge in [-0.3, -0.25) is 0 Å². The molecule has 0 aliphatic carbocycles. The molecule has 8 heteroatoms. The van der Waals surface area contributed by atoms with Crippen molar-refractivity contribution < 1.29 is 0 Å². The minimum atomic E-state index is -0.183. The summed E-state index contributed by atoms with van der Waals surface area (Å²) in [6.45, 7) is 6.54. The number of hydrogen-bond acceptors (Lipinski definition) is 6. The van der Waals surface area contributed by atoms with Crippen LogP contribution in [0.5, 0.6) is 0 Å². The molecule has 0 saturated carbocycles. The molecule has 0 aliphatic rings. The van der Waals surface area contributed by atoms with Crippen LogP contribution in [-0.2, 0) is 5.54 Å². The molecule has 0 saturated heterocycles. The van der Waals surface area contributed by atoms with Crippen LogP contribution in [0.1, 0.15) is 20.8 Å². The number of para-hydroxylation sites is 1. The molecule has 2 aromatic carbocycles. The zero-order valence-electron chi connectivity index (χ0n) is 17.6. The van der Waals surface area contributed by atoms with Gasteiger partial charge in [0.25, 0.3) is 0 Å². The predicted molar refractivity (Wildman–Crippen MR) is 120 cm³/mol. The van der Waals surface area contributed by atoms with E-state index in [0.29, 0.717) is 5.95 Å².